The van der Waals surface area contributed by atoms with Crippen LogP contribution in [0.2, 0.25) is 0 Å². The lowest BCUT2D eigenvalue weighted by atomic mass is 9.82. The van der Waals surface area contributed by atoms with E-state index in [2.05, 4.69) is 10.3 Å². The molecule has 3 saturated heterocycles. The van der Waals surface area contributed by atoms with E-state index in [-0.39, 0.29) is 41.9 Å². The zero-order valence-corrected chi connectivity index (χ0v) is 15.6. The van der Waals surface area contributed by atoms with Crippen LogP contribution in [0.1, 0.15) is 38.1 Å². The van der Waals surface area contributed by atoms with Gasteiger partial charge in [0.1, 0.15) is 5.82 Å². The van der Waals surface area contributed by atoms with Crippen molar-refractivity contribution in [1.29, 1.82) is 0 Å². The first kappa shape index (κ1) is 18.4. The van der Waals surface area contributed by atoms with Gasteiger partial charge in [-0.1, -0.05) is 0 Å². The van der Waals surface area contributed by atoms with Crippen molar-refractivity contribution in [3.63, 3.8) is 0 Å². The number of nitrogens with one attached hydrogen (secondary N) is 1. The molecule has 0 radical (unpaired) electrons. The van der Waals surface area contributed by atoms with Crippen LogP contribution in [0.5, 0.6) is 0 Å². The van der Waals surface area contributed by atoms with Crippen LogP contribution in [0.4, 0.5) is 8.78 Å². The van der Waals surface area contributed by atoms with Crippen molar-refractivity contribution in [3.05, 3.63) is 18.2 Å². The van der Waals surface area contributed by atoms with Crippen LogP contribution in [-0.2, 0) is 16.1 Å². The normalized spacial score (nSPS) is 37.9. The van der Waals surface area contributed by atoms with E-state index in [1.54, 1.807) is 0 Å². The minimum Gasteiger partial charge on any atom is -0.390 e. The van der Waals surface area contributed by atoms with Gasteiger partial charge in [0, 0.05) is 43.4 Å². The number of aliphatic hydroxyl groups is 1. The number of aliphatic hydroxyl groups excluding tert-OH is 1. The summed E-state index contributed by atoms with van der Waals surface area (Å²) in [5, 5.41) is 13.9. The molecular weight excluding hydrogens is 370 g/mol. The predicted molar refractivity (Wildman–Crippen MR) is 94.3 cm³/mol. The molecule has 0 spiro atoms. The molecule has 1 aliphatic carbocycles. The van der Waals surface area contributed by atoms with Crippen molar-refractivity contribution >= 4 is 5.91 Å². The molecule has 4 fully saturated rings. The largest absolute Gasteiger partial charge is 0.390 e. The molecule has 4 heterocycles. The topological polar surface area (TPSA) is 79.6 Å². The first-order valence-corrected chi connectivity index (χ1v) is 10.2. The number of aromatic nitrogens is 2. The van der Waals surface area contributed by atoms with Crippen molar-refractivity contribution in [3.8, 4) is 0 Å². The Kier molecular flexibility index (Phi) is 4.64. The molecule has 9 heteroatoms. The van der Waals surface area contributed by atoms with Gasteiger partial charge in [-0.05, 0) is 25.7 Å². The molecule has 5 rings (SSSR count). The van der Waals surface area contributed by atoms with Crippen molar-refractivity contribution < 1.29 is 23.4 Å². The number of hydrogen-bond acceptors (Lipinski definition) is 5. The maximum absolute atomic E-state index is 13.1. The SMILES string of the molecule is O=C(NC1CCC1)C1C[C@@H]2O[C@H]1[C@H]1CN(Cc3nccn3C(F)F)C[C@H]1[C@@H]2O. The van der Waals surface area contributed by atoms with Crippen LogP contribution in [-0.4, -0.2) is 62.9 Å². The molecule has 1 amide bonds. The summed E-state index contributed by atoms with van der Waals surface area (Å²) in [7, 11) is 0. The van der Waals surface area contributed by atoms with Gasteiger partial charge in [-0.3, -0.25) is 14.3 Å². The average molecular weight is 396 g/mol. The van der Waals surface area contributed by atoms with Crippen molar-refractivity contribution in [2.24, 2.45) is 17.8 Å². The van der Waals surface area contributed by atoms with Crippen LogP contribution in [0.25, 0.3) is 0 Å². The summed E-state index contributed by atoms with van der Waals surface area (Å²) in [5.41, 5.74) is 0. The highest BCUT2D eigenvalue weighted by molar-refractivity contribution is 5.80. The lowest BCUT2D eigenvalue weighted by Crippen LogP contribution is -2.49. The highest BCUT2D eigenvalue weighted by Crippen LogP contribution is 2.47. The Morgan fingerprint density at radius 1 is 1.36 bits per heavy atom. The maximum Gasteiger partial charge on any atom is 0.319 e. The molecule has 6 atom stereocenters. The van der Waals surface area contributed by atoms with E-state index < -0.39 is 12.7 Å². The van der Waals surface area contributed by atoms with Crippen molar-refractivity contribution in [2.75, 3.05) is 13.1 Å². The highest BCUT2D eigenvalue weighted by atomic mass is 19.3. The quantitative estimate of drug-likeness (QED) is 0.781. The fourth-order valence-electron chi connectivity index (χ4n) is 5.37. The van der Waals surface area contributed by atoms with Gasteiger partial charge in [-0.2, -0.15) is 8.78 Å². The zero-order valence-electron chi connectivity index (χ0n) is 15.6. The number of nitrogens with zero attached hydrogens (tertiary/aromatic N) is 3. The summed E-state index contributed by atoms with van der Waals surface area (Å²) in [5.74, 6) is 0.143. The van der Waals surface area contributed by atoms with Crippen molar-refractivity contribution in [1.82, 2.24) is 19.8 Å². The van der Waals surface area contributed by atoms with Crippen LogP contribution >= 0.6 is 0 Å². The van der Waals surface area contributed by atoms with Gasteiger partial charge >= 0.3 is 6.55 Å². The van der Waals surface area contributed by atoms with Gasteiger partial charge in [-0.15, -0.1) is 0 Å². The summed E-state index contributed by atoms with van der Waals surface area (Å²) in [6.07, 6.45) is 5.30. The van der Waals surface area contributed by atoms with E-state index >= 15 is 0 Å². The maximum atomic E-state index is 13.1. The minimum atomic E-state index is -2.62. The van der Waals surface area contributed by atoms with Gasteiger partial charge in [-0.25, -0.2) is 4.98 Å². The molecule has 1 saturated carbocycles. The molecule has 1 aromatic heterocycles. The monoisotopic (exact) mass is 396 g/mol. The van der Waals surface area contributed by atoms with E-state index in [0.717, 1.165) is 23.8 Å². The fraction of sp³-hybridized carbons (Fsp3) is 0.789. The van der Waals surface area contributed by atoms with E-state index in [1.165, 1.54) is 12.4 Å². The molecule has 1 aromatic rings. The number of carbonyl (C=O) groups excluding carboxylic acids is 1. The second-order valence-corrected chi connectivity index (χ2v) is 8.66. The number of likely N-dealkylation sites (tertiary alicyclic amines) is 1. The van der Waals surface area contributed by atoms with Crippen LogP contribution < -0.4 is 5.32 Å². The van der Waals surface area contributed by atoms with E-state index in [1.807, 2.05) is 4.90 Å². The van der Waals surface area contributed by atoms with Gasteiger partial charge in [0.15, 0.2) is 0 Å². The molecule has 154 valence electrons. The number of hydrogen-bond donors (Lipinski definition) is 2. The molecule has 2 N–H and O–H groups in total. The number of carbonyl (C=O) groups is 1. The van der Waals surface area contributed by atoms with E-state index in [4.69, 9.17) is 4.74 Å². The third kappa shape index (κ3) is 3.04. The van der Waals surface area contributed by atoms with Crippen LogP contribution in [0.15, 0.2) is 12.4 Å². The van der Waals surface area contributed by atoms with E-state index in [0.29, 0.717) is 31.9 Å². The fourth-order valence-corrected chi connectivity index (χ4v) is 5.37. The number of imidazole rings is 1. The van der Waals surface area contributed by atoms with Crippen LogP contribution in [0.3, 0.4) is 0 Å². The lowest BCUT2D eigenvalue weighted by molar-refractivity contribution is -0.141. The summed E-state index contributed by atoms with van der Waals surface area (Å²) in [4.78, 5) is 18.9. The van der Waals surface area contributed by atoms with Crippen molar-refractivity contribution in [2.45, 2.75) is 63.1 Å². The molecule has 0 aromatic carbocycles. The Morgan fingerprint density at radius 2 is 2.14 bits per heavy atom. The third-order valence-corrected chi connectivity index (χ3v) is 7.06. The molecule has 28 heavy (non-hydrogen) atoms. The summed E-state index contributed by atoms with van der Waals surface area (Å²) in [6.45, 7) is -1.10. The number of fused-ring (bicyclic) bond motifs is 4. The highest BCUT2D eigenvalue weighted by Gasteiger charge is 2.57. The van der Waals surface area contributed by atoms with Gasteiger partial charge in [0.05, 0.1) is 30.8 Å². The van der Waals surface area contributed by atoms with Gasteiger partial charge in [0.25, 0.3) is 0 Å². The second kappa shape index (κ2) is 7.03. The van der Waals surface area contributed by atoms with Gasteiger partial charge < -0.3 is 15.2 Å². The molecule has 4 aliphatic rings. The molecular formula is C19H26F2N4O3. The molecule has 3 aliphatic heterocycles. The third-order valence-electron chi connectivity index (χ3n) is 7.06. The lowest BCUT2D eigenvalue weighted by Gasteiger charge is -2.36. The Balaban J connectivity index is 1.29. The number of ether oxygens (including phenoxy) is 1. The van der Waals surface area contributed by atoms with E-state index in [9.17, 15) is 18.7 Å². The average Bonchev–Trinajstić information content (AvgIpc) is 3.33. The van der Waals surface area contributed by atoms with Crippen LogP contribution in [0, 0.1) is 17.8 Å². The number of rotatable bonds is 5. The molecule has 1 unspecified atom stereocenters. The summed E-state index contributed by atoms with van der Waals surface area (Å²) in [6, 6.07) is 0.280. The Morgan fingerprint density at radius 3 is 2.86 bits per heavy atom. The second-order valence-electron chi connectivity index (χ2n) is 8.66. The van der Waals surface area contributed by atoms with Gasteiger partial charge in [0.2, 0.25) is 5.91 Å². The number of amides is 1. The first-order valence-electron chi connectivity index (χ1n) is 10.2. The number of halogens is 2. The predicted octanol–water partition coefficient (Wildman–Crippen LogP) is 1.14. The number of alkyl halides is 2. The summed E-state index contributed by atoms with van der Waals surface area (Å²) >= 11 is 0. The first-order chi connectivity index (χ1) is 13.5. The molecule has 2 bridgehead atoms. The standard InChI is InChI=1S/C19H26F2N4O3/c20-19(21)25-5-4-22-15(25)9-24-7-12-13(8-24)17-11(6-14(28-17)16(12)26)18(27)23-10-2-1-3-10/h4-5,10-14,16-17,19,26H,1-3,6-9H2,(H,23,27)/t11?,12-,13+,14+,16+,17-/m1/s1. The Labute approximate surface area is 162 Å². The Bertz CT molecular complexity index is 741. The minimum absolute atomic E-state index is 0.000199. The molecule has 7 nitrogen and oxygen atoms in total. The zero-order chi connectivity index (χ0) is 19.4. The summed E-state index contributed by atoms with van der Waals surface area (Å²) < 4.78 is 33.1. The Hall–Kier alpha value is -1.58. The smallest absolute Gasteiger partial charge is 0.319 e.